The van der Waals surface area contributed by atoms with Gasteiger partial charge in [0.2, 0.25) is 5.91 Å². The highest BCUT2D eigenvalue weighted by atomic mass is 16.5. The lowest BCUT2D eigenvalue weighted by molar-refractivity contribution is -0.144. The summed E-state index contributed by atoms with van der Waals surface area (Å²) in [5, 5.41) is 20.3. The van der Waals surface area contributed by atoms with Crippen LogP contribution in [0.15, 0.2) is 30.3 Å². The molecule has 0 aliphatic heterocycles. The lowest BCUT2D eigenvalue weighted by Gasteiger charge is -2.15. The first kappa shape index (κ1) is 22.3. The molecule has 0 saturated carbocycles. The Kier molecular flexibility index (Phi) is 6.95. The number of carboxylic acids is 1. The van der Waals surface area contributed by atoms with Crippen molar-refractivity contribution in [1.82, 2.24) is 10.2 Å². The summed E-state index contributed by atoms with van der Waals surface area (Å²) in [5.74, 6) is -1.41. The summed E-state index contributed by atoms with van der Waals surface area (Å²) < 4.78 is 6.20. The Morgan fingerprint density at radius 2 is 1.87 bits per heavy atom. The van der Waals surface area contributed by atoms with E-state index in [4.69, 9.17) is 9.84 Å². The summed E-state index contributed by atoms with van der Waals surface area (Å²) >= 11 is 0. The summed E-state index contributed by atoms with van der Waals surface area (Å²) in [6.07, 6.45) is 4.38. The zero-order valence-corrected chi connectivity index (χ0v) is 18.4. The number of benzene rings is 2. The van der Waals surface area contributed by atoms with Gasteiger partial charge < -0.3 is 15.2 Å². The Morgan fingerprint density at radius 1 is 1.16 bits per heavy atom. The number of amides is 1. The number of fused-ring (bicyclic) bond motifs is 1. The Morgan fingerprint density at radius 3 is 2.52 bits per heavy atom. The number of hydrogen-bond donors (Lipinski definition) is 3. The number of H-pyrrole nitrogens is 1. The van der Waals surface area contributed by atoms with Crippen LogP contribution in [0, 0.1) is 19.8 Å². The number of carboxylic acid groups (broad SMARTS) is 1. The second-order valence-corrected chi connectivity index (χ2v) is 7.93. The van der Waals surface area contributed by atoms with Gasteiger partial charge in [-0.3, -0.25) is 14.7 Å². The first-order valence-corrected chi connectivity index (χ1v) is 10.6. The van der Waals surface area contributed by atoms with Crippen LogP contribution in [0.1, 0.15) is 49.9 Å². The number of aromatic nitrogens is 2. The number of rotatable bonds is 9. The number of nitrogens with one attached hydrogen (secondary N) is 2. The highest BCUT2D eigenvalue weighted by Gasteiger charge is 2.21. The summed E-state index contributed by atoms with van der Waals surface area (Å²) in [4.78, 5) is 23.1. The molecule has 1 unspecified atom stereocenters. The molecule has 1 heterocycles. The molecular formula is C24H29N3O4. The van der Waals surface area contributed by atoms with Gasteiger partial charge in [-0.1, -0.05) is 19.8 Å². The van der Waals surface area contributed by atoms with Gasteiger partial charge in [0.1, 0.15) is 17.4 Å². The van der Waals surface area contributed by atoms with Crippen molar-refractivity contribution in [3.63, 3.8) is 0 Å². The lowest BCUT2D eigenvalue weighted by Crippen LogP contribution is -2.26. The first-order chi connectivity index (χ1) is 14.8. The van der Waals surface area contributed by atoms with Crippen LogP contribution in [0.2, 0.25) is 0 Å². The van der Waals surface area contributed by atoms with E-state index in [1.807, 2.05) is 32.0 Å². The van der Waals surface area contributed by atoms with E-state index >= 15 is 0 Å². The average Bonchev–Trinajstić information content (AvgIpc) is 3.12. The van der Waals surface area contributed by atoms with Gasteiger partial charge in [-0.25, -0.2) is 0 Å². The van der Waals surface area contributed by atoms with Crippen molar-refractivity contribution in [3.05, 3.63) is 47.2 Å². The number of carbonyl (C=O) groups is 2. The third-order valence-corrected chi connectivity index (χ3v) is 5.34. The van der Waals surface area contributed by atoms with Gasteiger partial charge in [-0.05, 0) is 75.1 Å². The number of nitrogens with zero attached hydrogens (tertiary/aromatic N) is 1. The van der Waals surface area contributed by atoms with Gasteiger partial charge in [-0.2, -0.15) is 5.10 Å². The molecule has 31 heavy (non-hydrogen) atoms. The monoisotopic (exact) mass is 423 g/mol. The van der Waals surface area contributed by atoms with E-state index in [-0.39, 0.29) is 0 Å². The maximum absolute atomic E-state index is 12.0. The zero-order chi connectivity index (χ0) is 22.5. The molecule has 3 N–H and O–H groups in total. The van der Waals surface area contributed by atoms with E-state index in [9.17, 15) is 9.59 Å². The molecule has 0 aliphatic rings. The van der Waals surface area contributed by atoms with Crippen molar-refractivity contribution in [3.8, 4) is 11.5 Å². The second-order valence-electron chi connectivity index (χ2n) is 7.93. The van der Waals surface area contributed by atoms with Crippen molar-refractivity contribution < 1.29 is 19.4 Å². The third kappa shape index (κ3) is 5.23. The molecule has 0 spiro atoms. The Labute approximate surface area is 181 Å². The maximum Gasteiger partial charge on any atom is 0.315 e. The van der Waals surface area contributed by atoms with Crippen molar-refractivity contribution in [2.45, 2.75) is 53.4 Å². The van der Waals surface area contributed by atoms with E-state index in [1.54, 1.807) is 12.1 Å². The highest BCUT2D eigenvalue weighted by Crippen LogP contribution is 2.33. The fourth-order valence-electron chi connectivity index (χ4n) is 3.51. The number of aromatic amines is 1. The Hall–Kier alpha value is -3.35. The van der Waals surface area contributed by atoms with Crippen LogP contribution in [0.5, 0.6) is 11.5 Å². The largest absolute Gasteiger partial charge is 0.481 e. The number of aryl methyl sites for hydroxylation is 3. The van der Waals surface area contributed by atoms with E-state index in [2.05, 4.69) is 22.4 Å². The summed E-state index contributed by atoms with van der Waals surface area (Å²) in [6, 6.07) is 9.43. The van der Waals surface area contributed by atoms with Crippen LogP contribution in [-0.2, 0) is 16.0 Å². The first-order valence-electron chi connectivity index (χ1n) is 10.6. The van der Waals surface area contributed by atoms with E-state index in [0.29, 0.717) is 17.2 Å². The molecule has 164 valence electrons. The summed E-state index contributed by atoms with van der Waals surface area (Å²) in [6.45, 7) is 7.33. The summed E-state index contributed by atoms with van der Waals surface area (Å²) in [5.41, 5.74) is 4.26. The Balaban J connectivity index is 1.80. The SMILES string of the molecule is CCCCCc1n[nH]c2ccc(Oc3c(C)cc(NC(=O)C(C)C(=O)O)cc3C)cc12. The standard InChI is InChI=1S/C24H29N3O4/c1-5-6-7-8-20-19-13-18(9-10-21(19)27-26-20)31-22-14(2)11-17(12-15(22)3)25-23(28)16(4)24(29)30/h9-13,16H,5-8H2,1-4H3,(H,25,28)(H,26,27)(H,29,30). The molecule has 3 rings (SSSR count). The normalized spacial score (nSPS) is 12.0. The molecule has 0 aliphatic carbocycles. The van der Waals surface area contributed by atoms with Crippen molar-refractivity contribution >= 4 is 28.5 Å². The number of unbranched alkanes of at least 4 members (excludes halogenated alkanes) is 2. The average molecular weight is 424 g/mol. The minimum Gasteiger partial charge on any atom is -0.481 e. The third-order valence-electron chi connectivity index (χ3n) is 5.34. The quantitative estimate of drug-likeness (QED) is 0.317. The van der Waals surface area contributed by atoms with Gasteiger partial charge in [0.05, 0.1) is 11.2 Å². The minimum atomic E-state index is -1.16. The van der Waals surface area contributed by atoms with Gasteiger partial charge >= 0.3 is 5.97 Å². The van der Waals surface area contributed by atoms with Gasteiger partial charge in [0.15, 0.2) is 0 Å². The fourth-order valence-corrected chi connectivity index (χ4v) is 3.51. The number of ether oxygens (including phenoxy) is 1. The molecule has 7 heteroatoms. The second kappa shape index (κ2) is 9.64. The Bertz CT molecular complexity index is 1080. The van der Waals surface area contributed by atoms with Crippen LogP contribution < -0.4 is 10.1 Å². The summed E-state index contributed by atoms with van der Waals surface area (Å²) in [7, 11) is 0. The molecule has 7 nitrogen and oxygen atoms in total. The molecule has 3 aromatic rings. The van der Waals surface area contributed by atoms with E-state index in [0.717, 1.165) is 40.6 Å². The minimum absolute atomic E-state index is 0.545. The molecule has 1 aromatic heterocycles. The predicted octanol–water partition coefficient (Wildman–Crippen LogP) is 5.36. The van der Waals surface area contributed by atoms with E-state index in [1.165, 1.54) is 19.8 Å². The van der Waals surface area contributed by atoms with Crippen LogP contribution >= 0.6 is 0 Å². The van der Waals surface area contributed by atoms with Gasteiger partial charge in [0, 0.05) is 11.1 Å². The molecule has 0 saturated heterocycles. The van der Waals surface area contributed by atoms with Crippen LogP contribution in [0.3, 0.4) is 0 Å². The smallest absolute Gasteiger partial charge is 0.315 e. The van der Waals surface area contributed by atoms with Crippen molar-refractivity contribution in [2.75, 3.05) is 5.32 Å². The van der Waals surface area contributed by atoms with Crippen LogP contribution in [0.4, 0.5) is 5.69 Å². The number of anilines is 1. The highest BCUT2D eigenvalue weighted by molar-refractivity contribution is 6.04. The maximum atomic E-state index is 12.0. The fraction of sp³-hybridized carbons (Fsp3) is 0.375. The van der Waals surface area contributed by atoms with Crippen molar-refractivity contribution in [2.24, 2.45) is 5.92 Å². The van der Waals surface area contributed by atoms with Crippen LogP contribution in [0.25, 0.3) is 10.9 Å². The predicted molar refractivity (Wildman–Crippen MR) is 121 cm³/mol. The molecule has 0 fully saturated rings. The topological polar surface area (TPSA) is 104 Å². The van der Waals surface area contributed by atoms with Crippen LogP contribution in [-0.4, -0.2) is 27.2 Å². The number of carbonyl (C=O) groups excluding carboxylic acids is 1. The van der Waals surface area contributed by atoms with Gasteiger partial charge in [-0.15, -0.1) is 0 Å². The van der Waals surface area contributed by atoms with Crippen molar-refractivity contribution in [1.29, 1.82) is 0 Å². The number of hydrogen-bond acceptors (Lipinski definition) is 4. The molecule has 0 bridgehead atoms. The molecule has 1 amide bonds. The van der Waals surface area contributed by atoms with E-state index < -0.39 is 17.8 Å². The lowest BCUT2D eigenvalue weighted by atomic mass is 10.1. The number of aliphatic carboxylic acids is 1. The molecule has 1 atom stereocenters. The zero-order valence-electron chi connectivity index (χ0n) is 18.4. The molecule has 0 radical (unpaired) electrons. The molecular weight excluding hydrogens is 394 g/mol. The molecule has 2 aromatic carbocycles. The van der Waals surface area contributed by atoms with Gasteiger partial charge in [0.25, 0.3) is 0 Å².